The van der Waals surface area contributed by atoms with Gasteiger partial charge < -0.3 is 9.84 Å². The number of hydrogen-bond acceptors (Lipinski definition) is 4. The molecule has 1 saturated carbocycles. The lowest BCUT2D eigenvalue weighted by molar-refractivity contribution is -0.156. The molecule has 152 valence electrons. The number of ether oxygens (including phenoxy) is 1. The molecule has 0 amide bonds. The number of fused-ring (bicyclic) bond motifs is 1. The van der Waals surface area contributed by atoms with Gasteiger partial charge in [-0.25, -0.2) is 4.39 Å². The molecule has 1 N–H and O–H groups in total. The third kappa shape index (κ3) is 3.73. The van der Waals surface area contributed by atoms with Crippen LogP contribution in [0.4, 0.5) is 4.39 Å². The predicted octanol–water partition coefficient (Wildman–Crippen LogP) is 5.00. The summed E-state index contributed by atoms with van der Waals surface area (Å²) in [4.78, 5) is 16.7. The molecule has 2 atom stereocenters. The number of pyridine rings is 1. The van der Waals surface area contributed by atoms with E-state index in [4.69, 9.17) is 9.72 Å². The van der Waals surface area contributed by atoms with Gasteiger partial charge in [-0.3, -0.25) is 9.78 Å². The molecule has 0 bridgehead atoms. The van der Waals surface area contributed by atoms with Crippen LogP contribution in [0.15, 0.2) is 54.6 Å². The number of benzene rings is 2. The highest BCUT2D eigenvalue weighted by atomic mass is 19.1. The first-order valence-electron chi connectivity index (χ1n) is 10.3. The summed E-state index contributed by atoms with van der Waals surface area (Å²) < 4.78 is 19.0. The van der Waals surface area contributed by atoms with Crippen molar-refractivity contribution in [1.29, 1.82) is 0 Å². The molecule has 5 heteroatoms. The molecule has 2 unspecified atom stereocenters. The van der Waals surface area contributed by atoms with E-state index in [-0.39, 0.29) is 18.2 Å². The molecule has 2 fully saturated rings. The lowest BCUT2D eigenvalue weighted by Gasteiger charge is -2.23. The highest BCUT2D eigenvalue weighted by molar-refractivity contribution is 5.99. The molecule has 2 heterocycles. The number of rotatable bonds is 4. The van der Waals surface area contributed by atoms with Crippen molar-refractivity contribution in [3.8, 4) is 11.1 Å². The lowest BCUT2D eigenvalue weighted by atomic mass is 9.92. The minimum absolute atomic E-state index is 0.0377. The molecule has 0 radical (unpaired) electrons. The van der Waals surface area contributed by atoms with Gasteiger partial charge >= 0.3 is 5.97 Å². The molecular weight excluding hydrogens is 381 g/mol. The smallest absolute Gasteiger partial charge is 0.309 e. The zero-order valence-electron chi connectivity index (χ0n) is 16.4. The second kappa shape index (κ2) is 7.65. The van der Waals surface area contributed by atoms with Crippen LogP contribution >= 0.6 is 0 Å². The molecule has 30 heavy (non-hydrogen) atoms. The van der Waals surface area contributed by atoms with Crippen LogP contribution in [0.2, 0.25) is 0 Å². The summed E-state index contributed by atoms with van der Waals surface area (Å²) in [5.41, 5.74) is 4.82. The third-order valence-corrected chi connectivity index (χ3v) is 5.72. The average molecular weight is 403 g/mol. The number of aliphatic hydroxyl groups is 1. The Morgan fingerprint density at radius 1 is 1.10 bits per heavy atom. The number of cyclic esters (lactones) is 1. The topological polar surface area (TPSA) is 59.4 Å². The fraction of sp³-hybridized carbons (Fsp3) is 0.280. The Bertz CT molecular complexity index is 1140. The summed E-state index contributed by atoms with van der Waals surface area (Å²) in [6, 6.07) is 14.5. The Morgan fingerprint density at radius 3 is 2.60 bits per heavy atom. The van der Waals surface area contributed by atoms with Gasteiger partial charge in [0.15, 0.2) is 0 Å². The summed E-state index contributed by atoms with van der Waals surface area (Å²) >= 11 is 0. The van der Waals surface area contributed by atoms with Gasteiger partial charge in [-0.15, -0.1) is 0 Å². The Balaban J connectivity index is 1.68. The molecule has 5 rings (SSSR count). The lowest BCUT2D eigenvalue weighted by Crippen LogP contribution is -2.31. The predicted molar refractivity (Wildman–Crippen MR) is 113 cm³/mol. The maximum absolute atomic E-state index is 13.6. The molecule has 2 aromatic carbocycles. The maximum atomic E-state index is 13.6. The fourth-order valence-electron chi connectivity index (χ4n) is 4.14. The standard InChI is InChI=1S/C25H22FNO3/c26-17-9-7-15(8-10-17)24-20-3-1-2-4-22(20)27-25(16-5-6-16)21(24)12-11-19-13-18(28)14-23(29)30-19/h1-4,7-12,16,18-19,28H,5-6,13-14H2. The largest absolute Gasteiger partial charge is 0.458 e. The van der Waals surface area contributed by atoms with E-state index in [0.29, 0.717) is 12.3 Å². The molecule has 0 spiro atoms. The minimum atomic E-state index is -0.685. The molecule has 1 aromatic heterocycles. The van der Waals surface area contributed by atoms with Gasteiger partial charge in [0.1, 0.15) is 11.9 Å². The number of aromatic nitrogens is 1. The van der Waals surface area contributed by atoms with E-state index in [1.807, 2.05) is 36.4 Å². The van der Waals surface area contributed by atoms with Crippen molar-refractivity contribution < 1.29 is 19.0 Å². The normalized spacial score (nSPS) is 21.9. The van der Waals surface area contributed by atoms with E-state index in [1.54, 1.807) is 12.1 Å². The quantitative estimate of drug-likeness (QED) is 0.623. The number of carbonyl (C=O) groups excluding carboxylic acids is 1. The Labute approximate surface area is 174 Å². The van der Waals surface area contributed by atoms with E-state index in [1.165, 1.54) is 12.1 Å². The Morgan fingerprint density at radius 2 is 1.87 bits per heavy atom. The van der Waals surface area contributed by atoms with Crippen molar-refractivity contribution in [3.05, 3.63) is 71.7 Å². The van der Waals surface area contributed by atoms with Crippen molar-refractivity contribution in [2.24, 2.45) is 0 Å². The van der Waals surface area contributed by atoms with Crippen molar-refractivity contribution in [2.75, 3.05) is 0 Å². The number of hydrogen-bond donors (Lipinski definition) is 1. The Kier molecular flexibility index (Phi) is 4.83. The number of aliphatic hydroxyl groups excluding tert-OH is 1. The van der Waals surface area contributed by atoms with Crippen molar-refractivity contribution in [3.63, 3.8) is 0 Å². The number of halogens is 1. The van der Waals surface area contributed by atoms with Crippen LogP contribution in [0, 0.1) is 5.82 Å². The van der Waals surface area contributed by atoms with Crippen molar-refractivity contribution in [2.45, 2.75) is 43.8 Å². The summed E-state index contributed by atoms with van der Waals surface area (Å²) in [5, 5.41) is 10.9. The van der Waals surface area contributed by atoms with Crippen LogP contribution in [0.25, 0.3) is 28.1 Å². The summed E-state index contributed by atoms with van der Waals surface area (Å²) in [7, 11) is 0. The van der Waals surface area contributed by atoms with Crippen LogP contribution in [-0.4, -0.2) is 28.3 Å². The molecule has 1 aliphatic heterocycles. The third-order valence-electron chi connectivity index (χ3n) is 5.72. The fourth-order valence-corrected chi connectivity index (χ4v) is 4.14. The van der Waals surface area contributed by atoms with E-state index in [9.17, 15) is 14.3 Å². The Hall–Kier alpha value is -3.05. The second-order valence-electron chi connectivity index (χ2n) is 8.07. The van der Waals surface area contributed by atoms with Gasteiger partial charge in [-0.05, 0) is 42.7 Å². The molecule has 3 aromatic rings. The first-order chi connectivity index (χ1) is 14.6. The zero-order chi connectivity index (χ0) is 20.7. The van der Waals surface area contributed by atoms with Gasteiger partial charge in [0, 0.05) is 28.9 Å². The van der Waals surface area contributed by atoms with E-state index >= 15 is 0 Å². The van der Waals surface area contributed by atoms with E-state index in [0.717, 1.165) is 46.1 Å². The molecule has 1 saturated heterocycles. The van der Waals surface area contributed by atoms with Crippen LogP contribution in [-0.2, 0) is 9.53 Å². The van der Waals surface area contributed by atoms with Crippen LogP contribution in [0.1, 0.15) is 42.9 Å². The first-order valence-corrected chi connectivity index (χ1v) is 10.3. The van der Waals surface area contributed by atoms with Crippen LogP contribution in [0.5, 0.6) is 0 Å². The van der Waals surface area contributed by atoms with Crippen LogP contribution in [0.3, 0.4) is 0 Å². The van der Waals surface area contributed by atoms with Gasteiger partial charge in [0.05, 0.1) is 23.7 Å². The average Bonchev–Trinajstić information content (AvgIpc) is 3.57. The molecule has 1 aliphatic carbocycles. The van der Waals surface area contributed by atoms with Crippen LogP contribution < -0.4 is 0 Å². The molecule has 4 nitrogen and oxygen atoms in total. The van der Waals surface area contributed by atoms with Gasteiger partial charge in [0.25, 0.3) is 0 Å². The summed E-state index contributed by atoms with van der Waals surface area (Å²) in [6.07, 6.45) is 5.24. The molecular formula is C25H22FNO3. The van der Waals surface area contributed by atoms with E-state index in [2.05, 4.69) is 0 Å². The monoisotopic (exact) mass is 403 g/mol. The maximum Gasteiger partial charge on any atom is 0.309 e. The number of para-hydroxylation sites is 1. The van der Waals surface area contributed by atoms with Gasteiger partial charge in [-0.1, -0.05) is 36.4 Å². The second-order valence-corrected chi connectivity index (χ2v) is 8.07. The highest BCUT2D eigenvalue weighted by Gasteiger charge is 2.30. The minimum Gasteiger partial charge on any atom is -0.458 e. The van der Waals surface area contributed by atoms with Gasteiger partial charge in [-0.2, -0.15) is 0 Å². The highest BCUT2D eigenvalue weighted by Crippen LogP contribution is 2.45. The number of esters is 1. The van der Waals surface area contributed by atoms with E-state index < -0.39 is 12.2 Å². The SMILES string of the molecule is O=C1CC(O)CC(C=Cc2c(C3CC3)nc3ccccc3c2-c2ccc(F)cc2)O1. The van der Waals surface area contributed by atoms with Crippen molar-refractivity contribution >= 4 is 22.9 Å². The first kappa shape index (κ1) is 18.9. The zero-order valence-corrected chi connectivity index (χ0v) is 16.4. The number of carbonyl (C=O) groups is 1. The number of nitrogens with zero attached hydrogens (tertiary/aromatic N) is 1. The van der Waals surface area contributed by atoms with Gasteiger partial charge in [0.2, 0.25) is 0 Å². The summed E-state index contributed by atoms with van der Waals surface area (Å²) in [5.74, 6) is -0.270. The summed E-state index contributed by atoms with van der Waals surface area (Å²) in [6.45, 7) is 0. The molecule has 2 aliphatic rings. The van der Waals surface area contributed by atoms with Crippen molar-refractivity contribution in [1.82, 2.24) is 4.98 Å².